The highest BCUT2D eigenvalue weighted by molar-refractivity contribution is 8.01. The lowest BCUT2D eigenvalue weighted by molar-refractivity contribution is -0.118. The molecule has 0 bridgehead atoms. The van der Waals surface area contributed by atoms with Gasteiger partial charge < -0.3 is 10.5 Å². The number of ketones is 1. The van der Waals surface area contributed by atoms with Crippen LogP contribution in [0.3, 0.4) is 0 Å². The van der Waals surface area contributed by atoms with Crippen LogP contribution in [-0.2, 0) is 4.79 Å². The summed E-state index contributed by atoms with van der Waals surface area (Å²) in [6.07, 6.45) is 7.31. The van der Waals surface area contributed by atoms with E-state index in [1.165, 1.54) is 43.4 Å². The fourth-order valence-corrected chi connectivity index (χ4v) is 7.91. The molecule has 36 heavy (non-hydrogen) atoms. The maximum absolute atomic E-state index is 13.6. The van der Waals surface area contributed by atoms with Crippen LogP contribution >= 0.6 is 23.1 Å². The van der Waals surface area contributed by atoms with Gasteiger partial charge in [0.25, 0.3) is 0 Å². The van der Waals surface area contributed by atoms with Crippen LogP contribution in [0.2, 0.25) is 0 Å². The first-order valence-corrected chi connectivity index (χ1v) is 14.1. The number of benzene rings is 1. The molecule has 5 rings (SSSR count). The smallest absolute Gasteiger partial charge is 0.219 e. The van der Waals surface area contributed by atoms with Gasteiger partial charge in [-0.25, -0.2) is 0 Å². The zero-order valence-corrected chi connectivity index (χ0v) is 22.5. The maximum Gasteiger partial charge on any atom is 0.219 e. The Morgan fingerprint density at radius 2 is 1.89 bits per heavy atom. The molecule has 188 valence electrons. The van der Waals surface area contributed by atoms with Crippen molar-refractivity contribution in [2.45, 2.75) is 74.3 Å². The molecule has 7 nitrogen and oxygen atoms in total. The molecule has 0 saturated heterocycles. The predicted octanol–water partition coefficient (Wildman–Crippen LogP) is 5.91. The van der Waals surface area contributed by atoms with Crippen molar-refractivity contribution in [1.82, 2.24) is 10.2 Å². The van der Waals surface area contributed by atoms with Crippen molar-refractivity contribution in [3.63, 3.8) is 0 Å². The van der Waals surface area contributed by atoms with Gasteiger partial charge in [-0.05, 0) is 42.4 Å². The lowest BCUT2D eigenvalue weighted by Crippen LogP contribution is -2.42. The number of nitrogens with zero attached hydrogens (tertiary/aromatic N) is 4. The van der Waals surface area contributed by atoms with E-state index in [0.29, 0.717) is 45.9 Å². The quantitative estimate of drug-likeness (QED) is 0.517. The van der Waals surface area contributed by atoms with Crippen LogP contribution in [0.15, 0.2) is 51.3 Å². The molecule has 0 radical (unpaired) electrons. The molecule has 1 atom stereocenters. The number of methoxy groups -OCH3 is 1. The third-order valence-corrected chi connectivity index (χ3v) is 9.57. The third kappa shape index (κ3) is 4.64. The molecule has 2 N–H and O–H groups in total. The number of carbonyl (C=O) groups excluding carboxylic acids is 1. The number of anilines is 1. The lowest BCUT2D eigenvalue weighted by atomic mass is 9.68. The highest BCUT2D eigenvalue weighted by atomic mass is 32.2. The van der Waals surface area contributed by atoms with Crippen molar-refractivity contribution >= 4 is 34.0 Å². The van der Waals surface area contributed by atoms with E-state index >= 15 is 0 Å². The SMILES string of the molecule is COc1ccc(C2C(C#N)=C(N)N(c3nnc(SC4CCCCC4)s3)C3=C2C(=O)CC(C)(C)C3)cc1. The molecule has 1 aliphatic heterocycles. The Morgan fingerprint density at radius 1 is 1.17 bits per heavy atom. The average Bonchev–Trinajstić information content (AvgIpc) is 3.31. The van der Waals surface area contributed by atoms with E-state index in [4.69, 9.17) is 10.5 Å². The van der Waals surface area contributed by atoms with Crippen LogP contribution in [-0.4, -0.2) is 28.3 Å². The van der Waals surface area contributed by atoms with Gasteiger partial charge in [-0.2, -0.15) is 5.26 Å². The number of nitrogens with two attached hydrogens (primary N) is 1. The second-order valence-electron chi connectivity index (χ2n) is 10.5. The Balaban J connectivity index is 1.59. The van der Waals surface area contributed by atoms with E-state index in [2.05, 4.69) is 30.1 Å². The fraction of sp³-hybridized carbons (Fsp3) is 0.481. The number of ether oxygens (including phenoxy) is 1. The van der Waals surface area contributed by atoms with E-state index in [1.807, 2.05) is 29.2 Å². The van der Waals surface area contributed by atoms with Crippen molar-refractivity contribution in [3.8, 4) is 11.8 Å². The summed E-state index contributed by atoms with van der Waals surface area (Å²) in [5.74, 6) is 0.579. The van der Waals surface area contributed by atoms with Crippen molar-refractivity contribution in [2.24, 2.45) is 11.1 Å². The Labute approximate surface area is 220 Å². The molecule has 1 fully saturated rings. The minimum atomic E-state index is -0.514. The Bertz CT molecular complexity index is 1270. The standard InChI is InChI=1S/C27H31N5O2S2/c1-27(2)13-20-23(21(33)14-27)22(16-9-11-17(34-3)12-10-16)19(15-28)24(29)32(20)25-30-31-26(36-25)35-18-7-5-4-6-8-18/h9-12,18,22H,4-8,13-14,29H2,1-3H3. The minimum Gasteiger partial charge on any atom is -0.497 e. The molecule has 1 aromatic carbocycles. The number of carbonyl (C=O) groups is 1. The van der Waals surface area contributed by atoms with E-state index in [0.717, 1.165) is 15.6 Å². The molecule has 0 spiro atoms. The minimum absolute atomic E-state index is 0.0497. The summed E-state index contributed by atoms with van der Waals surface area (Å²) in [6.45, 7) is 4.19. The molecular weight excluding hydrogens is 490 g/mol. The zero-order chi connectivity index (χ0) is 25.4. The number of nitriles is 1. The average molecular weight is 522 g/mol. The van der Waals surface area contributed by atoms with Crippen molar-refractivity contribution in [3.05, 3.63) is 52.5 Å². The summed E-state index contributed by atoms with van der Waals surface area (Å²) < 4.78 is 6.22. The van der Waals surface area contributed by atoms with Gasteiger partial charge in [0.15, 0.2) is 10.1 Å². The van der Waals surface area contributed by atoms with Crippen molar-refractivity contribution in [1.29, 1.82) is 5.26 Å². The van der Waals surface area contributed by atoms with Gasteiger partial charge in [0.2, 0.25) is 5.13 Å². The van der Waals surface area contributed by atoms with Crippen LogP contribution in [0.4, 0.5) is 5.13 Å². The monoisotopic (exact) mass is 521 g/mol. The number of thioether (sulfide) groups is 1. The van der Waals surface area contributed by atoms with Gasteiger partial charge in [0.1, 0.15) is 11.6 Å². The van der Waals surface area contributed by atoms with Crippen LogP contribution in [0.5, 0.6) is 5.75 Å². The first-order chi connectivity index (χ1) is 17.3. The number of allylic oxidation sites excluding steroid dienone is 3. The van der Waals surface area contributed by atoms with Crippen molar-refractivity contribution < 1.29 is 9.53 Å². The fourth-order valence-electron chi connectivity index (χ4n) is 5.52. The normalized spacial score (nSPS) is 22.4. The predicted molar refractivity (Wildman–Crippen MR) is 143 cm³/mol. The largest absolute Gasteiger partial charge is 0.497 e. The highest BCUT2D eigenvalue weighted by Gasteiger charge is 2.45. The molecule has 9 heteroatoms. The van der Waals surface area contributed by atoms with Crippen LogP contribution in [0, 0.1) is 16.7 Å². The number of rotatable bonds is 5. The second kappa shape index (κ2) is 9.91. The van der Waals surface area contributed by atoms with Crippen LogP contribution in [0.1, 0.15) is 70.3 Å². The maximum atomic E-state index is 13.6. The number of hydrogen-bond acceptors (Lipinski definition) is 9. The van der Waals surface area contributed by atoms with Crippen LogP contribution in [0.25, 0.3) is 0 Å². The van der Waals surface area contributed by atoms with Crippen molar-refractivity contribution in [2.75, 3.05) is 12.0 Å². The van der Waals surface area contributed by atoms with E-state index in [-0.39, 0.29) is 11.2 Å². The third-order valence-electron chi connectivity index (χ3n) is 7.24. The van der Waals surface area contributed by atoms with E-state index in [1.54, 1.807) is 18.9 Å². The molecule has 1 saturated carbocycles. The summed E-state index contributed by atoms with van der Waals surface area (Å²) in [4.78, 5) is 15.5. The van der Waals surface area contributed by atoms with Gasteiger partial charge >= 0.3 is 0 Å². The van der Waals surface area contributed by atoms with Gasteiger partial charge in [0, 0.05) is 22.9 Å². The Kier molecular flexibility index (Phi) is 6.84. The molecular formula is C27H31N5O2S2. The molecule has 3 aliphatic rings. The Hall–Kier alpha value is -2.83. The summed E-state index contributed by atoms with van der Waals surface area (Å²) >= 11 is 3.28. The molecule has 1 unspecified atom stereocenters. The first-order valence-electron chi connectivity index (χ1n) is 12.4. The summed E-state index contributed by atoms with van der Waals surface area (Å²) in [5.41, 5.74) is 9.19. The second-order valence-corrected chi connectivity index (χ2v) is 13.0. The number of Topliss-reactive ketones (excluding diaryl/α,β-unsaturated/α-hetero) is 1. The molecule has 2 aromatic rings. The van der Waals surface area contributed by atoms with Gasteiger partial charge in [-0.15, -0.1) is 10.2 Å². The van der Waals surface area contributed by atoms with E-state index < -0.39 is 5.92 Å². The summed E-state index contributed by atoms with van der Waals surface area (Å²) in [5, 5.41) is 20.4. The number of aromatic nitrogens is 2. The van der Waals surface area contributed by atoms with E-state index in [9.17, 15) is 10.1 Å². The molecule has 2 aliphatic carbocycles. The molecule has 1 aromatic heterocycles. The summed E-state index contributed by atoms with van der Waals surface area (Å²) in [7, 11) is 1.61. The number of hydrogen-bond donors (Lipinski definition) is 1. The highest BCUT2D eigenvalue weighted by Crippen LogP contribution is 2.51. The van der Waals surface area contributed by atoms with Gasteiger partial charge in [-0.3, -0.25) is 9.69 Å². The lowest BCUT2D eigenvalue weighted by Gasteiger charge is -2.42. The topological polar surface area (TPSA) is 105 Å². The van der Waals surface area contributed by atoms with Crippen LogP contribution < -0.4 is 15.4 Å². The van der Waals surface area contributed by atoms with Gasteiger partial charge in [0.05, 0.1) is 24.7 Å². The molecule has 2 heterocycles. The first kappa shape index (κ1) is 24.8. The summed E-state index contributed by atoms with van der Waals surface area (Å²) in [6, 6.07) is 9.84. The Morgan fingerprint density at radius 3 is 2.56 bits per heavy atom. The molecule has 0 amide bonds. The zero-order valence-electron chi connectivity index (χ0n) is 20.9. The van der Waals surface area contributed by atoms with Gasteiger partial charge in [-0.1, -0.05) is 68.3 Å².